The summed E-state index contributed by atoms with van der Waals surface area (Å²) in [5.41, 5.74) is 1.28. The topological polar surface area (TPSA) is 97.0 Å². The highest BCUT2D eigenvalue weighted by molar-refractivity contribution is 6.29. The molecule has 0 saturated heterocycles. The first-order valence-electron chi connectivity index (χ1n) is 7.42. The molecule has 2 heterocycles. The summed E-state index contributed by atoms with van der Waals surface area (Å²) in [6, 6.07) is 8.18. The second-order valence-corrected chi connectivity index (χ2v) is 5.97. The summed E-state index contributed by atoms with van der Waals surface area (Å²) in [5, 5.41) is 26.4. The summed E-state index contributed by atoms with van der Waals surface area (Å²) in [6.45, 7) is 3.57. The van der Waals surface area contributed by atoms with Crippen LogP contribution in [-0.4, -0.2) is 39.8 Å². The van der Waals surface area contributed by atoms with E-state index >= 15 is 0 Å². The summed E-state index contributed by atoms with van der Waals surface area (Å²) in [6.07, 6.45) is 0. The molecule has 0 spiro atoms. The standard InChI is InChI=1S/C17H15ClN4O3/c1-9-17(10(2)20-19-9,14-6-7-15(18)22-21-14)13-5-4-11(25-3)8-12(13)16(23)24/h4-8H,1-3H3,(H,23,24). The predicted octanol–water partition coefficient (Wildman–Crippen LogP) is 2.97. The fourth-order valence-corrected chi connectivity index (χ4v) is 3.23. The highest BCUT2D eigenvalue weighted by atomic mass is 35.5. The molecule has 0 unspecified atom stereocenters. The average Bonchev–Trinajstić information content (AvgIpc) is 2.90. The zero-order valence-corrected chi connectivity index (χ0v) is 14.6. The molecule has 8 heteroatoms. The lowest BCUT2D eigenvalue weighted by atomic mass is 9.69. The van der Waals surface area contributed by atoms with Crippen molar-refractivity contribution >= 4 is 29.0 Å². The van der Waals surface area contributed by atoms with Crippen molar-refractivity contribution in [2.75, 3.05) is 7.11 Å². The van der Waals surface area contributed by atoms with Crippen LogP contribution in [0.4, 0.5) is 0 Å². The van der Waals surface area contributed by atoms with Crippen LogP contribution >= 0.6 is 11.6 Å². The molecule has 1 N–H and O–H groups in total. The van der Waals surface area contributed by atoms with Gasteiger partial charge >= 0.3 is 5.97 Å². The van der Waals surface area contributed by atoms with Gasteiger partial charge < -0.3 is 9.84 Å². The zero-order chi connectivity index (χ0) is 18.2. The minimum absolute atomic E-state index is 0.0853. The van der Waals surface area contributed by atoms with Gasteiger partial charge in [-0.15, -0.1) is 5.10 Å². The molecule has 0 aliphatic carbocycles. The third kappa shape index (κ3) is 2.56. The molecule has 7 nitrogen and oxygen atoms in total. The molecule has 0 fully saturated rings. The third-order valence-electron chi connectivity index (χ3n) is 4.31. The first-order valence-corrected chi connectivity index (χ1v) is 7.80. The molecule has 1 aliphatic heterocycles. The summed E-state index contributed by atoms with van der Waals surface area (Å²) in [5.74, 6) is -0.636. The fraction of sp³-hybridized carbons (Fsp3) is 0.235. The van der Waals surface area contributed by atoms with Crippen molar-refractivity contribution in [2.45, 2.75) is 19.3 Å². The molecule has 0 atom stereocenters. The third-order valence-corrected chi connectivity index (χ3v) is 4.51. The lowest BCUT2D eigenvalue weighted by molar-refractivity contribution is 0.0695. The average molecular weight is 359 g/mol. The van der Waals surface area contributed by atoms with E-state index in [2.05, 4.69) is 20.4 Å². The van der Waals surface area contributed by atoms with E-state index in [9.17, 15) is 9.90 Å². The Morgan fingerprint density at radius 3 is 2.32 bits per heavy atom. The molecule has 2 aromatic rings. The number of hydrogen-bond acceptors (Lipinski definition) is 6. The monoisotopic (exact) mass is 358 g/mol. The minimum atomic E-state index is -1.08. The molecular weight excluding hydrogens is 344 g/mol. The van der Waals surface area contributed by atoms with Crippen molar-refractivity contribution in [3.05, 3.63) is 52.3 Å². The number of hydrogen-bond donors (Lipinski definition) is 1. The number of nitrogens with zero attached hydrogens (tertiary/aromatic N) is 4. The largest absolute Gasteiger partial charge is 0.497 e. The second kappa shape index (κ2) is 6.25. The molecule has 1 aliphatic rings. The Kier molecular flexibility index (Phi) is 4.26. The van der Waals surface area contributed by atoms with Gasteiger partial charge in [0.15, 0.2) is 5.15 Å². The Balaban J connectivity index is 2.35. The number of carboxylic acid groups (broad SMARTS) is 1. The van der Waals surface area contributed by atoms with Gasteiger partial charge in [0.05, 0.1) is 29.8 Å². The number of methoxy groups -OCH3 is 1. The predicted molar refractivity (Wildman–Crippen MR) is 94.0 cm³/mol. The maximum atomic E-state index is 11.9. The quantitative estimate of drug-likeness (QED) is 0.906. The maximum absolute atomic E-state index is 11.9. The SMILES string of the molecule is COc1ccc(C2(c3ccc(Cl)nn3)C(C)=NN=C2C)c(C(=O)O)c1. The number of ether oxygens (including phenoxy) is 1. The van der Waals surface area contributed by atoms with Crippen LogP contribution in [0.1, 0.15) is 35.5 Å². The number of carboxylic acids is 1. The lowest BCUT2D eigenvalue weighted by Crippen LogP contribution is -2.42. The maximum Gasteiger partial charge on any atom is 0.336 e. The van der Waals surface area contributed by atoms with Crippen LogP contribution in [0.5, 0.6) is 5.75 Å². The van der Waals surface area contributed by atoms with Crippen LogP contribution in [0.2, 0.25) is 5.15 Å². The zero-order valence-electron chi connectivity index (χ0n) is 13.8. The van der Waals surface area contributed by atoms with Crippen molar-refractivity contribution in [3.63, 3.8) is 0 Å². The van der Waals surface area contributed by atoms with E-state index < -0.39 is 11.4 Å². The lowest BCUT2D eigenvalue weighted by Gasteiger charge is -2.31. The molecule has 128 valence electrons. The fourth-order valence-electron chi connectivity index (χ4n) is 3.13. The number of rotatable bonds is 4. The van der Waals surface area contributed by atoms with Crippen LogP contribution in [-0.2, 0) is 5.41 Å². The molecule has 0 bridgehead atoms. The summed E-state index contributed by atoms with van der Waals surface area (Å²) >= 11 is 5.86. The molecule has 3 rings (SSSR count). The van der Waals surface area contributed by atoms with E-state index in [1.54, 1.807) is 38.1 Å². The normalized spacial score (nSPS) is 15.5. The van der Waals surface area contributed by atoms with Gasteiger partial charge in [-0.25, -0.2) is 4.79 Å². The van der Waals surface area contributed by atoms with Gasteiger partial charge in [0, 0.05) is 0 Å². The van der Waals surface area contributed by atoms with Crippen LogP contribution in [0, 0.1) is 0 Å². The van der Waals surface area contributed by atoms with E-state index in [0.717, 1.165) is 0 Å². The Hall–Kier alpha value is -2.80. The first-order chi connectivity index (χ1) is 11.9. The molecule has 1 aromatic carbocycles. The van der Waals surface area contributed by atoms with E-state index in [1.165, 1.54) is 13.2 Å². The Labute approximate surface area is 149 Å². The van der Waals surface area contributed by atoms with Crippen molar-refractivity contribution in [1.82, 2.24) is 10.2 Å². The molecule has 0 amide bonds. The Bertz CT molecular complexity index is 889. The highest BCUT2D eigenvalue weighted by Crippen LogP contribution is 2.40. The number of aromatic nitrogens is 2. The number of halogens is 1. The van der Waals surface area contributed by atoms with Gasteiger partial charge in [0.25, 0.3) is 0 Å². The highest BCUT2D eigenvalue weighted by Gasteiger charge is 2.47. The van der Waals surface area contributed by atoms with Gasteiger partial charge in [0.2, 0.25) is 0 Å². The van der Waals surface area contributed by atoms with Gasteiger partial charge in [-0.3, -0.25) is 0 Å². The first kappa shape index (κ1) is 17.0. The van der Waals surface area contributed by atoms with E-state index in [-0.39, 0.29) is 10.7 Å². The number of benzene rings is 1. The minimum Gasteiger partial charge on any atom is -0.497 e. The van der Waals surface area contributed by atoms with Crippen molar-refractivity contribution in [1.29, 1.82) is 0 Å². The number of carbonyl (C=O) groups is 1. The molecule has 1 aromatic heterocycles. The van der Waals surface area contributed by atoms with Crippen molar-refractivity contribution < 1.29 is 14.6 Å². The van der Waals surface area contributed by atoms with Crippen molar-refractivity contribution in [2.24, 2.45) is 10.2 Å². The van der Waals surface area contributed by atoms with E-state index in [1.807, 2.05) is 0 Å². The van der Waals surface area contributed by atoms with Gasteiger partial charge in [0.1, 0.15) is 11.2 Å². The number of aromatic carboxylic acids is 1. The second-order valence-electron chi connectivity index (χ2n) is 5.58. The van der Waals surface area contributed by atoms with E-state index in [0.29, 0.717) is 28.4 Å². The Morgan fingerprint density at radius 1 is 1.12 bits per heavy atom. The molecular formula is C17H15ClN4O3. The van der Waals surface area contributed by atoms with Crippen LogP contribution < -0.4 is 4.74 Å². The molecule has 25 heavy (non-hydrogen) atoms. The van der Waals surface area contributed by atoms with Gasteiger partial charge in [-0.2, -0.15) is 15.3 Å². The van der Waals surface area contributed by atoms with E-state index in [4.69, 9.17) is 16.3 Å². The molecule has 0 radical (unpaired) electrons. The van der Waals surface area contributed by atoms with Gasteiger partial charge in [-0.1, -0.05) is 17.7 Å². The molecule has 0 saturated carbocycles. The van der Waals surface area contributed by atoms with Crippen LogP contribution in [0.15, 0.2) is 40.5 Å². The van der Waals surface area contributed by atoms with Crippen LogP contribution in [0.3, 0.4) is 0 Å². The van der Waals surface area contributed by atoms with Crippen LogP contribution in [0.25, 0.3) is 0 Å². The summed E-state index contributed by atoms with van der Waals surface area (Å²) in [4.78, 5) is 11.9. The van der Waals surface area contributed by atoms with Crippen molar-refractivity contribution in [3.8, 4) is 5.75 Å². The smallest absolute Gasteiger partial charge is 0.336 e. The van der Waals surface area contributed by atoms with Gasteiger partial charge in [-0.05, 0) is 43.7 Å². The Morgan fingerprint density at radius 2 is 1.80 bits per heavy atom. The summed E-state index contributed by atoms with van der Waals surface area (Å²) in [7, 11) is 1.48. The summed E-state index contributed by atoms with van der Waals surface area (Å²) < 4.78 is 5.16.